The first-order chi connectivity index (χ1) is 26.6. The summed E-state index contributed by atoms with van der Waals surface area (Å²) >= 11 is 0. The van der Waals surface area contributed by atoms with Gasteiger partial charge in [0.15, 0.2) is 0 Å². The van der Waals surface area contributed by atoms with Gasteiger partial charge in [-0.25, -0.2) is 0 Å². The molecule has 2 aliphatic rings. The Morgan fingerprint density at radius 1 is 0.389 bits per heavy atom. The Kier molecular flexibility index (Phi) is 7.74. The molecule has 0 radical (unpaired) electrons. The van der Waals surface area contributed by atoms with Crippen molar-refractivity contribution in [3.63, 3.8) is 0 Å². The Hall–Kier alpha value is -6.36. The van der Waals surface area contributed by atoms with E-state index in [1.807, 2.05) is 0 Å². The number of para-hydroxylation sites is 2. The summed E-state index contributed by atoms with van der Waals surface area (Å²) in [5.41, 5.74) is 14.7. The van der Waals surface area contributed by atoms with Crippen LogP contribution >= 0.6 is 0 Å². The Balaban J connectivity index is 1.39. The first-order valence-corrected chi connectivity index (χ1v) is 21.8. The van der Waals surface area contributed by atoms with Crippen molar-refractivity contribution in [2.75, 3.05) is 4.81 Å². The highest BCUT2D eigenvalue weighted by molar-refractivity contribution is 7.04. The molecule has 256 valence electrons. The molecule has 0 unspecified atom stereocenters. The molecule has 0 aliphatic carbocycles. The highest BCUT2D eigenvalue weighted by atomic mass is 28.3. The third-order valence-corrected chi connectivity index (χ3v) is 14.8. The lowest BCUT2D eigenvalue weighted by Gasteiger charge is -2.47. The molecule has 4 heteroatoms. The second-order valence-electron chi connectivity index (χ2n) is 14.9. The first-order valence-electron chi connectivity index (χ1n) is 18.8. The molecule has 8 aromatic rings. The van der Waals surface area contributed by atoms with Crippen LogP contribution in [0, 0.1) is 0 Å². The number of nitrogens with zero attached hydrogens (tertiary/aromatic N) is 1. The minimum Gasteiger partial charge on any atom is -0.458 e. The van der Waals surface area contributed by atoms with Gasteiger partial charge in [-0.1, -0.05) is 183 Å². The molecule has 54 heavy (non-hydrogen) atoms. The van der Waals surface area contributed by atoms with Crippen molar-refractivity contribution in [1.82, 2.24) is 0 Å². The van der Waals surface area contributed by atoms with Crippen molar-refractivity contribution in [2.24, 2.45) is 0 Å². The minimum absolute atomic E-state index is 0.149. The summed E-state index contributed by atoms with van der Waals surface area (Å²) in [6, 6.07) is 70.9. The molecule has 0 saturated carbocycles. The average Bonchev–Trinajstić information content (AvgIpc) is 3.24. The zero-order valence-electron chi connectivity index (χ0n) is 30.4. The number of benzene rings is 8. The molecule has 2 heterocycles. The monoisotopic (exact) mass is 707 g/mol. The van der Waals surface area contributed by atoms with Crippen LogP contribution in [0.25, 0.3) is 44.5 Å². The fourth-order valence-corrected chi connectivity index (χ4v) is 11.7. The summed E-state index contributed by atoms with van der Waals surface area (Å²) in [7, 11) is -2.45. The number of rotatable bonds is 5. The number of ether oxygens (including phenoxy) is 1. The molecule has 0 N–H and O–H groups in total. The summed E-state index contributed by atoms with van der Waals surface area (Å²) in [4.78, 5) is 2.71. The molecule has 10 rings (SSSR count). The molecule has 0 spiro atoms. The largest absolute Gasteiger partial charge is 0.458 e. The van der Waals surface area contributed by atoms with E-state index < -0.39 is 8.07 Å². The summed E-state index contributed by atoms with van der Waals surface area (Å²) in [6.45, 7) is 4.96. The number of hydrogen-bond acceptors (Lipinski definition) is 2. The third-order valence-electron chi connectivity index (χ3n) is 11.3. The Morgan fingerprint density at radius 2 is 0.741 bits per heavy atom. The zero-order chi connectivity index (χ0) is 36.2. The molecule has 8 aromatic carbocycles. The Bertz CT molecular complexity index is 2480. The van der Waals surface area contributed by atoms with E-state index in [0.717, 1.165) is 22.4 Å². The predicted octanol–water partition coefficient (Wildman–Crippen LogP) is 10.5. The van der Waals surface area contributed by atoms with Crippen molar-refractivity contribution < 1.29 is 4.74 Å². The Labute approximate surface area is 319 Å². The van der Waals surface area contributed by atoms with E-state index in [2.05, 4.69) is 212 Å². The normalized spacial score (nSPS) is 13.6. The molecule has 0 fully saturated rings. The van der Waals surface area contributed by atoms with Gasteiger partial charge in [-0.3, -0.25) is 0 Å². The molecule has 0 atom stereocenters. The average molecular weight is 708 g/mol. The lowest BCUT2D eigenvalue weighted by Crippen LogP contribution is -2.66. The van der Waals surface area contributed by atoms with Crippen LogP contribution in [-0.4, -0.2) is 14.9 Å². The maximum absolute atomic E-state index is 6.68. The summed E-state index contributed by atoms with van der Waals surface area (Å²) in [5, 5.41) is 2.86. The van der Waals surface area contributed by atoms with Crippen molar-refractivity contribution in [3.05, 3.63) is 194 Å². The molecule has 0 amide bonds. The highest BCUT2D eigenvalue weighted by Gasteiger charge is 2.47. The van der Waals surface area contributed by atoms with Crippen LogP contribution in [0.4, 0.5) is 11.4 Å². The van der Waals surface area contributed by atoms with Crippen molar-refractivity contribution in [1.29, 1.82) is 0 Å². The lowest BCUT2D eigenvalue weighted by atomic mass is 9.47. The van der Waals surface area contributed by atoms with Gasteiger partial charge in [-0.15, -0.1) is 0 Å². The van der Waals surface area contributed by atoms with Gasteiger partial charge < -0.3 is 9.55 Å². The fraction of sp³-hybridized carbons (Fsp3) is 0.0400. The van der Waals surface area contributed by atoms with E-state index in [-0.39, 0.29) is 6.85 Å². The smallest absolute Gasteiger partial charge is 0.335 e. The maximum Gasteiger partial charge on any atom is 0.335 e. The van der Waals surface area contributed by atoms with Gasteiger partial charge in [0.1, 0.15) is 19.6 Å². The van der Waals surface area contributed by atoms with E-state index >= 15 is 0 Å². The van der Waals surface area contributed by atoms with Crippen molar-refractivity contribution in [2.45, 2.75) is 13.1 Å². The number of fused-ring (bicyclic) bond motifs is 4. The van der Waals surface area contributed by atoms with E-state index in [4.69, 9.17) is 4.74 Å². The minimum atomic E-state index is -2.45. The predicted molar refractivity (Wildman–Crippen MR) is 231 cm³/mol. The zero-order valence-corrected chi connectivity index (χ0v) is 31.4. The molecular formula is C50H38BNOSi. The van der Waals surface area contributed by atoms with Gasteiger partial charge in [-0.2, -0.15) is 0 Å². The first kappa shape index (κ1) is 32.3. The molecular weight excluding hydrogens is 669 g/mol. The third kappa shape index (κ3) is 5.25. The second kappa shape index (κ2) is 12.9. The van der Waals surface area contributed by atoms with Crippen LogP contribution in [0.5, 0.6) is 11.5 Å². The van der Waals surface area contributed by atoms with Crippen LogP contribution in [0.3, 0.4) is 0 Å². The van der Waals surface area contributed by atoms with Gasteiger partial charge >= 0.3 is 6.85 Å². The van der Waals surface area contributed by atoms with E-state index in [0.29, 0.717) is 0 Å². The van der Waals surface area contributed by atoms with Crippen molar-refractivity contribution in [3.8, 4) is 56.0 Å². The topological polar surface area (TPSA) is 12.5 Å². The molecule has 0 saturated heterocycles. The van der Waals surface area contributed by atoms with E-state index in [1.165, 1.54) is 66.3 Å². The molecule has 0 bridgehead atoms. The second-order valence-corrected chi connectivity index (χ2v) is 19.2. The maximum atomic E-state index is 6.68. The van der Waals surface area contributed by atoms with Crippen LogP contribution in [0.1, 0.15) is 0 Å². The summed E-state index contributed by atoms with van der Waals surface area (Å²) < 4.78 is 6.68. The summed E-state index contributed by atoms with van der Waals surface area (Å²) in [5.74, 6) is 1.80. The van der Waals surface area contributed by atoms with Gasteiger partial charge in [0, 0.05) is 22.5 Å². The lowest BCUT2D eigenvalue weighted by molar-refractivity contribution is 0.487. The van der Waals surface area contributed by atoms with Gasteiger partial charge in [-0.05, 0) is 78.9 Å². The van der Waals surface area contributed by atoms with Crippen molar-refractivity contribution >= 4 is 47.6 Å². The quantitative estimate of drug-likeness (QED) is 0.165. The molecule has 2 nitrogen and oxygen atoms in total. The Morgan fingerprint density at radius 3 is 1.15 bits per heavy atom. The number of anilines is 2. The van der Waals surface area contributed by atoms with Crippen LogP contribution in [-0.2, 0) is 0 Å². The molecule has 2 aliphatic heterocycles. The van der Waals surface area contributed by atoms with E-state index in [1.54, 1.807) is 0 Å². The van der Waals surface area contributed by atoms with Crippen LogP contribution in [0.2, 0.25) is 13.1 Å². The van der Waals surface area contributed by atoms with Gasteiger partial charge in [0.2, 0.25) is 0 Å². The van der Waals surface area contributed by atoms with Crippen LogP contribution in [0.15, 0.2) is 194 Å². The van der Waals surface area contributed by atoms with Gasteiger partial charge in [0.05, 0.1) is 0 Å². The van der Waals surface area contributed by atoms with Gasteiger partial charge in [0.25, 0.3) is 0 Å². The summed E-state index contributed by atoms with van der Waals surface area (Å²) in [6.07, 6.45) is 0. The number of hydrogen-bond donors (Lipinski definition) is 0. The fourth-order valence-electron chi connectivity index (χ4n) is 8.69. The van der Waals surface area contributed by atoms with E-state index in [9.17, 15) is 0 Å². The SMILES string of the molecule is C[Si]1(C)c2cc(-c3ccccc3)cc(-c3ccccc3)c2N(B2c3ccccc3Oc3ccccc32)c2c(-c3ccccc3)cc(-c3ccccc3)cc21. The van der Waals surface area contributed by atoms with Crippen LogP contribution < -0.4 is 30.8 Å². The molecule has 0 aromatic heterocycles. The highest BCUT2D eigenvalue weighted by Crippen LogP contribution is 2.47. The standard InChI is InChI=1S/C50H38BNOSi/c1-54(2)47-33-39(35-19-7-3-8-20-35)31-41(37-23-11-5-12-24-37)49(47)52(51-43-27-15-17-29-45(43)53-46-30-18-16-28-44(46)51)50-42(38-25-13-6-14-26-38)32-40(34-48(50)54)36-21-9-4-10-22-36/h3-34H,1-2H3.